The standard InChI is InChI=1S/C11H19N3O2/c1-3-12-8(2)11-13-10(14-16-11)9-4-6-15-7-5-9/h8-9,12H,3-7H2,1-2H3. The predicted molar refractivity (Wildman–Crippen MR) is 59.2 cm³/mol. The van der Waals surface area contributed by atoms with E-state index < -0.39 is 0 Å². The average Bonchev–Trinajstić information content (AvgIpc) is 2.80. The molecular weight excluding hydrogens is 206 g/mol. The molecule has 0 aliphatic carbocycles. The van der Waals surface area contributed by atoms with E-state index in [-0.39, 0.29) is 6.04 Å². The number of rotatable bonds is 4. The van der Waals surface area contributed by atoms with Crippen LogP contribution < -0.4 is 5.32 Å². The maximum absolute atomic E-state index is 5.32. The van der Waals surface area contributed by atoms with Crippen LogP contribution in [0.15, 0.2) is 4.52 Å². The van der Waals surface area contributed by atoms with Crippen molar-refractivity contribution < 1.29 is 9.26 Å². The maximum atomic E-state index is 5.32. The summed E-state index contributed by atoms with van der Waals surface area (Å²) in [6.45, 7) is 6.60. The second kappa shape index (κ2) is 5.41. The third-order valence-corrected chi connectivity index (χ3v) is 2.92. The van der Waals surface area contributed by atoms with Gasteiger partial charge in [0, 0.05) is 19.1 Å². The minimum absolute atomic E-state index is 0.131. The molecule has 0 saturated carbocycles. The van der Waals surface area contributed by atoms with Crippen LogP contribution in [0.2, 0.25) is 0 Å². The first kappa shape index (κ1) is 11.5. The second-order valence-corrected chi connectivity index (χ2v) is 4.16. The molecule has 0 amide bonds. The van der Waals surface area contributed by atoms with Crippen LogP contribution in [0, 0.1) is 0 Å². The maximum Gasteiger partial charge on any atom is 0.243 e. The first-order chi connectivity index (χ1) is 7.81. The fourth-order valence-electron chi connectivity index (χ4n) is 1.94. The summed E-state index contributed by atoms with van der Waals surface area (Å²) in [7, 11) is 0. The molecule has 1 fully saturated rings. The molecule has 1 N–H and O–H groups in total. The van der Waals surface area contributed by atoms with Crippen molar-refractivity contribution in [2.75, 3.05) is 19.8 Å². The zero-order valence-corrected chi connectivity index (χ0v) is 9.90. The monoisotopic (exact) mass is 225 g/mol. The van der Waals surface area contributed by atoms with E-state index in [2.05, 4.69) is 22.4 Å². The molecule has 0 bridgehead atoms. The molecule has 0 spiro atoms. The molecular formula is C11H19N3O2. The molecule has 1 atom stereocenters. The van der Waals surface area contributed by atoms with Gasteiger partial charge in [0.25, 0.3) is 0 Å². The molecule has 1 saturated heterocycles. The first-order valence-corrected chi connectivity index (χ1v) is 5.96. The van der Waals surface area contributed by atoms with E-state index in [1.807, 2.05) is 6.92 Å². The summed E-state index contributed by atoms with van der Waals surface area (Å²) in [5, 5.41) is 7.32. The van der Waals surface area contributed by atoms with Crippen LogP contribution in [0.4, 0.5) is 0 Å². The Bertz CT molecular complexity index is 321. The van der Waals surface area contributed by atoms with Crippen molar-refractivity contribution in [1.82, 2.24) is 15.5 Å². The highest BCUT2D eigenvalue weighted by atomic mass is 16.5. The van der Waals surface area contributed by atoms with Crippen molar-refractivity contribution >= 4 is 0 Å². The van der Waals surface area contributed by atoms with Crippen molar-refractivity contribution in [3.63, 3.8) is 0 Å². The van der Waals surface area contributed by atoms with Gasteiger partial charge in [0.15, 0.2) is 5.82 Å². The molecule has 1 unspecified atom stereocenters. The van der Waals surface area contributed by atoms with Gasteiger partial charge >= 0.3 is 0 Å². The van der Waals surface area contributed by atoms with Gasteiger partial charge in [-0.1, -0.05) is 12.1 Å². The lowest BCUT2D eigenvalue weighted by Gasteiger charge is -2.18. The minimum Gasteiger partial charge on any atom is -0.381 e. The second-order valence-electron chi connectivity index (χ2n) is 4.16. The zero-order chi connectivity index (χ0) is 11.4. The Morgan fingerprint density at radius 3 is 2.88 bits per heavy atom. The van der Waals surface area contributed by atoms with Gasteiger partial charge < -0.3 is 14.6 Å². The molecule has 2 rings (SSSR count). The third-order valence-electron chi connectivity index (χ3n) is 2.92. The lowest BCUT2D eigenvalue weighted by molar-refractivity contribution is 0.0830. The van der Waals surface area contributed by atoms with E-state index in [4.69, 9.17) is 9.26 Å². The highest BCUT2D eigenvalue weighted by Gasteiger charge is 2.22. The molecule has 2 heterocycles. The fourth-order valence-corrected chi connectivity index (χ4v) is 1.94. The van der Waals surface area contributed by atoms with Crippen LogP contribution in [0.25, 0.3) is 0 Å². The van der Waals surface area contributed by atoms with E-state index >= 15 is 0 Å². The molecule has 0 radical (unpaired) electrons. The normalized spacial score (nSPS) is 19.9. The summed E-state index contributed by atoms with van der Waals surface area (Å²) in [6.07, 6.45) is 1.99. The van der Waals surface area contributed by atoms with E-state index in [1.165, 1.54) is 0 Å². The van der Waals surface area contributed by atoms with Crippen LogP contribution in [-0.4, -0.2) is 29.9 Å². The summed E-state index contributed by atoms with van der Waals surface area (Å²) in [6, 6.07) is 0.131. The fraction of sp³-hybridized carbons (Fsp3) is 0.818. The zero-order valence-electron chi connectivity index (χ0n) is 9.90. The number of hydrogen-bond donors (Lipinski definition) is 1. The van der Waals surface area contributed by atoms with Gasteiger partial charge in [-0.2, -0.15) is 4.98 Å². The number of hydrogen-bond acceptors (Lipinski definition) is 5. The molecule has 90 valence electrons. The highest BCUT2D eigenvalue weighted by molar-refractivity contribution is 4.98. The number of nitrogens with one attached hydrogen (secondary N) is 1. The van der Waals surface area contributed by atoms with Crippen molar-refractivity contribution in [3.8, 4) is 0 Å². The van der Waals surface area contributed by atoms with Crippen molar-refractivity contribution in [3.05, 3.63) is 11.7 Å². The van der Waals surface area contributed by atoms with Crippen LogP contribution >= 0.6 is 0 Å². The summed E-state index contributed by atoms with van der Waals surface area (Å²) >= 11 is 0. The van der Waals surface area contributed by atoms with Gasteiger partial charge in [-0.3, -0.25) is 0 Å². The van der Waals surface area contributed by atoms with Crippen molar-refractivity contribution in [2.45, 2.75) is 38.6 Å². The Morgan fingerprint density at radius 1 is 1.44 bits per heavy atom. The van der Waals surface area contributed by atoms with Crippen LogP contribution in [0.3, 0.4) is 0 Å². The van der Waals surface area contributed by atoms with Gasteiger partial charge in [-0.15, -0.1) is 0 Å². The largest absolute Gasteiger partial charge is 0.381 e. The summed E-state index contributed by atoms with van der Waals surface area (Å²) in [4.78, 5) is 4.46. The Balaban J connectivity index is 2.00. The van der Waals surface area contributed by atoms with Gasteiger partial charge in [0.05, 0.1) is 6.04 Å². The van der Waals surface area contributed by atoms with E-state index in [0.29, 0.717) is 11.8 Å². The number of nitrogens with zero attached hydrogens (tertiary/aromatic N) is 2. The number of aromatic nitrogens is 2. The van der Waals surface area contributed by atoms with Crippen molar-refractivity contribution in [2.24, 2.45) is 0 Å². The molecule has 1 aliphatic heterocycles. The predicted octanol–water partition coefficient (Wildman–Crippen LogP) is 1.63. The van der Waals surface area contributed by atoms with Crippen LogP contribution in [-0.2, 0) is 4.74 Å². The van der Waals surface area contributed by atoms with Gasteiger partial charge in [0.2, 0.25) is 5.89 Å². The molecule has 1 aromatic heterocycles. The van der Waals surface area contributed by atoms with E-state index in [1.54, 1.807) is 0 Å². The Morgan fingerprint density at radius 2 is 2.19 bits per heavy atom. The summed E-state index contributed by atoms with van der Waals surface area (Å²) < 4.78 is 10.6. The Hall–Kier alpha value is -0.940. The Kier molecular flexibility index (Phi) is 3.90. The Labute approximate surface area is 95.6 Å². The summed E-state index contributed by atoms with van der Waals surface area (Å²) in [5.74, 6) is 1.92. The average molecular weight is 225 g/mol. The van der Waals surface area contributed by atoms with Gasteiger partial charge in [-0.05, 0) is 26.3 Å². The quantitative estimate of drug-likeness (QED) is 0.844. The highest BCUT2D eigenvalue weighted by Crippen LogP contribution is 2.25. The van der Waals surface area contributed by atoms with Crippen LogP contribution in [0.5, 0.6) is 0 Å². The minimum atomic E-state index is 0.131. The molecule has 1 aromatic rings. The smallest absolute Gasteiger partial charge is 0.243 e. The van der Waals surface area contributed by atoms with Crippen LogP contribution in [0.1, 0.15) is 50.4 Å². The summed E-state index contributed by atoms with van der Waals surface area (Å²) in [5.41, 5.74) is 0. The van der Waals surface area contributed by atoms with E-state index in [0.717, 1.165) is 38.4 Å². The molecule has 16 heavy (non-hydrogen) atoms. The van der Waals surface area contributed by atoms with Gasteiger partial charge in [-0.25, -0.2) is 0 Å². The topological polar surface area (TPSA) is 60.2 Å². The SMILES string of the molecule is CCNC(C)c1nc(C2CCOCC2)no1. The van der Waals surface area contributed by atoms with Crippen molar-refractivity contribution in [1.29, 1.82) is 0 Å². The molecule has 5 heteroatoms. The molecule has 1 aliphatic rings. The first-order valence-electron chi connectivity index (χ1n) is 5.96. The lowest BCUT2D eigenvalue weighted by atomic mass is 10.00. The lowest BCUT2D eigenvalue weighted by Crippen LogP contribution is -2.18. The van der Waals surface area contributed by atoms with Gasteiger partial charge in [0.1, 0.15) is 0 Å². The van der Waals surface area contributed by atoms with E-state index in [9.17, 15) is 0 Å². The molecule has 5 nitrogen and oxygen atoms in total. The molecule has 0 aromatic carbocycles. The number of ether oxygens (including phenoxy) is 1. The third kappa shape index (κ3) is 2.59.